The second-order valence-electron chi connectivity index (χ2n) is 6.33. The number of ether oxygens (including phenoxy) is 1. The number of hydrogen-bond acceptors (Lipinski definition) is 3. The van der Waals surface area contributed by atoms with Gasteiger partial charge in [-0.05, 0) is 49.2 Å². The van der Waals surface area contributed by atoms with Crippen LogP contribution in [0, 0.1) is 13.8 Å². The van der Waals surface area contributed by atoms with E-state index in [4.69, 9.17) is 4.74 Å². The summed E-state index contributed by atoms with van der Waals surface area (Å²) in [5.41, 5.74) is 3.92. The molecule has 1 saturated heterocycles. The highest BCUT2D eigenvalue weighted by molar-refractivity contribution is 5.48. The largest absolute Gasteiger partial charge is 0.492 e. The Balaban J connectivity index is 1.42. The molecule has 1 aliphatic heterocycles. The Hall–Kier alpha value is -2.00. The van der Waals surface area contributed by atoms with Crippen molar-refractivity contribution in [3.05, 3.63) is 59.7 Å². The van der Waals surface area contributed by atoms with Gasteiger partial charge in [-0.1, -0.05) is 24.3 Å². The molecule has 0 atom stereocenters. The first kappa shape index (κ1) is 15.9. The summed E-state index contributed by atoms with van der Waals surface area (Å²) in [6.45, 7) is 10.4. The van der Waals surface area contributed by atoms with E-state index < -0.39 is 0 Å². The molecule has 0 spiro atoms. The highest BCUT2D eigenvalue weighted by Crippen LogP contribution is 2.18. The summed E-state index contributed by atoms with van der Waals surface area (Å²) < 4.78 is 5.86. The summed E-state index contributed by atoms with van der Waals surface area (Å²) in [6.07, 6.45) is 0. The molecule has 3 nitrogen and oxygen atoms in total. The number of aryl methyl sites for hydroxylation is 2. The molecule has 2 aromatic rings. The summed E-state index contributed by atoms with van der Waals surface area (Å²) in [5.74, 6) is 0.975. The molecule has 1 heterocycles. The van der Waals surface area contributed by atoms with Crippen LogP contribution in [0.2, 0.25) is 0 Å². The molecule has 23 heavy (non-hydrogen) atoms. The van der Waals surface area contributed by atoms with Crippen LogP contribution in [0.1, 0.15) is 11.1 Å². The van der Waals surface area contributed by atoms with Crippen LogP contribution in [0.15, 0.2) is 48.5 Å². The smallest absolute Gasteiger partial charge is 0.119 e. The second kappa shape index (κ2) is 7.51. The lowest BCUT2D eigenvalue weighted by atomic mass is 10.2. The van der Waals surface area contributed by atoms with Crippen LogP contribution in [0.5, 0.6) is 5.75 Å². The number of piperazine rings is 1. The lowest BCUT2D eigenvalue weighted by Gasteiger charge is -2.36. The monoisotopic (exact) mass is 310 g/mol. The lowest BCUT2D eigenvalue weighted by molar-refractivity contribution is 0.200. The van der Waals surface area contributed by atoms with Gasteiger partial charge < -0.3 is 9.64 Å². The van der Waals surface area contributed by atoms with Crippen molar-refractivity contribution in [2.75, 3.05) is 44.2 Å². The fourth-order valence-electron chi connectivity index (χ4n) is 3.05. The first-order chi connectivity index (χ1) is 11.2. The van der Waals surface area contributed by atoms with Gasteiger partial charge in [0.05, 0.1) is 0 Å². The number of hydrogen-bond donors (Lipinski definition) is 0. The number of benzene rings is 2. The molecule has 0 aromatic heterocycles. The van der Waals surface area contributed by atoms with E-state index in [1.807, 2.05) is 12.1 Å². The van der Waals surface area contributed by atoms with E-state index >= 15 is 0 Å². The van der Waals surface area contributed by atoms with Gasteiger partial charge in [0.2, 0.25) is 0 Å². The molecule has 2 aromatic carbocycles. The highest BCUT2D eigenvalue weighted by atomic mass is 16.5. The van der Waals surface area contributed by atoms with E-state index in [1.165, 1.54) is 16.8 Å². The SMILES string of the molecule is Cc1cccc(OCCN2CCN(c3cccc(C)c3)CC2)c1. The third-order valence-corrected chi connectivity index (χ3v) is 4.40. The topological polar surface area (TPSA) is 15.7 Å². The molecule has 0 amide bonds. The van der Waals surface area contributed by atoms with Gasteiger partial charge >= 0.3 is 0 Å². The first-order valence-electron chi connectivity index (χ1n) is 8.44. The average Bonchev–Trinajstić information content (AvgIpc) is 2.56. The summed E-state index contributed by atoms with van der Waals surface area (Å²) >= 11 is 0. The van der Waals surface area contributed by atoms with Crippen molar-refractivity contribution in [2.24, 2.45) is 0 Å². The molecule has 0 radical (unpaired) electrons. The van der Waals surface area contributed by atoms with E-state index in [9.17, 15) is 0 Å². The first-order valence-corrected chi connectivity index (χ1v) is 8.44. The second-order valence-corrected chi connectivity index (χ2v) is 6.33. The molecule has 0 bridgehead atoms. The number of rotatable bonds is 5. The van der Waals surface area contributed by atoms with Crippen molar-refractivity contribution in [1.82, 2.24) is 4.90 Å². The third kappa shape index (κ3) is 4.49. The normalized spacial score (nSPS) is 15.7. The van der Waals surface area contributed by atoms with Crippen molar-refractivity contribution >= 4 is 5.69 Å². The van der Waals surface area contributed by atoms with Crippen molar-refractivity contribution in [3.63, 3.8) is 0 Å². The molecule has 122 valence electrons. The molecule has 0 aliphatic carbocycles. The summed E-state index contributed by atoms with van der Waals surface area (Å²) in [6, 6.07) is 17.1. The number of nitrogens with zero attached hydrogens (tertiary/aromatic N) is 2. The maximum atomic E-state index is 5.86. The van der Waals surface area contributed by atoms with Gasteiger partial charge in [0.25, 0.3) is 0 Å². The van der Waals surface area contributed by atoms with Crippen LogP contribution in [-0.2, 0) is 0 Å². The summed E-state index contributed by atoms with van der Waals surface area (Å²) in [5, 5.41) is 0. The van der Waals surface area contributed by atoms with Crippen LogP contribution in [0.4, 0.5) is 5.69 Å². The molecule has 1 fully saturated rings. The predicted molar refractivity (Wildman–Crippen MR) is 96.5 cm³/mol. The Morgan fingerprint density at radius 3 is 2.26 bits per heavy atom. The fourth-order valence-corrected chi connectivity index (χ4v) is 3.05. The fraction of sp³-hybridized carbons (Fsp3) is 0.400. The van der Waals surface area contributed by atoms with E-state index in [0.29, 0.717) is 0 Å². The van der Waals surface area contributed by atoms with Gasteiger partial charge in [0.1, 0.15) is 12.4 Å². The van der Waals surface area contributed by atoms with Crippen LogP contribution in [0.25, 0.3) is 0 Å². The lowest BCUT2D eigenvalue weighted by Crippen LogP contribution is -2.47. The molecule has 0 N–H and O–H groups in total. The quantitative estimate of drug-likeness (QED) is 0.840. The Kier molecular flexibility index (Phi) is 5.19. The minimum absolute atomic E-state index is 0.758. The van der Waals surface area contributed by atoms with Crippen LogP contribution in [0.3, 0.4) is 0 Å². The maximum absolute atomic E-state index is 5.86. The van der Waals surface area contributed by atoms with Gasteiger partial charge in [-0.3, -0.25) is 4.90 Å². The van der Waals surface area contributed by atoms with Crippen LogP contribution >= 0.6 is 0 Å². The predicted octanol–water partition coefficient (Wildman–Crippen LogP) is 3.50. The van der Waals surface area contributed by atoms with Crippen molar-refractivity contribution < 1.29 is 4.74 Å². The molecule has 3 heteroatoms. The van der Waals surface area contributed by atoms with Crippen molar-refractivity contribution in [3.8, 4) is 5.75 Å². The molecule has 0 unspecified atom stereocenters. The molecule has 1 aliphatic rings. The van der Waals surface area contributed by atoms with E-state index in [-0.39, 0.29) is 0 Å². The molecular formula is C20H26N2O. The van der Waals surface area contributed by atoms with Crippen molar-refractivity contribution in [2.45, 2.75) is 13.8 Å². The zero-order chi connectivity index (χ0) is 16.1. The number of anilines is 1. The van der Waals surface area contributed by atoms with Gasteiger partial charge in [-0.2, -0.15) is 0 Å². The minimum atomic E-state index is 0.758. The summed E-state index contributed by atoms with van der Waals surface area (Å²) in [4.78, 5) is 4.97. The average molecular weight is 310 g/mol. The zero-order valence-corrected chi connectivity index (χ0v) is 14.2. The highest BCUT2D eigenvalue weighted by Gasteiger charge is 2.16. The molecule has 0 saturated carbocycles. The Morgan fingerprint density at radius 1 is 0.870 bits per heavy atom. The van der Waals surface area contributed by atoms with E-state index in [2.05, 4.69) is 60.0 Å². The van der Waals surface area contributed by atoms with E-state index in [0.717, 1.165) is 45.1 Å². The van der Waals surface area contributed by atoms with Gasteiger partial charge in [-0.25, -0.2) is 0 Å². The Labute approximate surface area is 139 Å². The third-order valence-electron chi connectivity index (χ3n) is 4.40. The van der Waals surface area contributed by atoms with Crippen LogP contribution < -0.4 is 9.64 Å². The van der Waals surface area contributed by atoms with E-state index in [1.54, 1.807) is 0 Å². The Morgan fingerprint density at radius 2 is 1.57 bits per heavy atom. The zero-order valence-electron chi connectivity index (χ0n) is 14.2. The van der Waals surface area contributed by atoms with Gasteiger partial charge in [0.15, 0.2) is 0 Å². The standard InChI is InChI=1S/C20H26N2O/c1-17-5-3-7-19(15-17)22-11-9-21(10-12-22)13-14-23-20-8-4-6-18(2)16-20/h3-8,15-16H,9-14H2,1-2H3. The van der Waals surface area contributed by atoms with Crippen LogP contribution in [-0.4, -0.2) is 44.2 Å². The van der Waals surface area contributed by atoms with Gasteiger partial charge in [-0.15, -0.1) is 0 Å². The maximum Gasteiger partial charge on any atom is 0.119 e. The Bertz CT molecular complexity index is 630. The van der Waals surface area contributed by atoms with Crippen molar-refractivity contribution in [1.29, 1.82) is 0 Å². The molecular weight excluding hydrogens is 284 g/mol. The van der Waals surface area contributed by atoms with Gasteiger partial charge in [0, 0.05) is 38.4 Å². The minimum Gasteiger partial charge on any atom is -0.492 e. The molecule has 3 rings (SSSR count). The summed E-state index contributed by atoms with van der Waals surface area (Å²) in [7, 11) is 0.